The quantitative estimate of drug-likeness (QED) is 0.854. The summed E-state index contributed by atoms with van der Waals surface area (Å²) >= 11 is 0. The van der Waals surface area contributed by atoms with Crippen molar-refractivity contribution in [2.45, 2.75) is 19.8 Å². The van der Waals surface area contributed by atoms with Crippen molar-refractivity contribution in [3.63, 3.8) is 0 Å². The third-order valence-corrected chi connectivity index (χ3v) is 3.50. The number of anilines is 1. The first kappa shape index (κ1) is 15.3. The molecule has 0 bridgehead atoms. The SMILES string of the molecule is CCCCN(CCN)C(=O)Nc1cccc2ccccc12. The lowest BCUT2D eigenvalue weighted by Gasteiger charge is -2.22. The highest BCUT2D eigenvalue weighted by atomic mass is 16.2. The van der Waals surface area contributed by atoms with Crippen molar-refractivity contribution in [3.8, 4) is 0 Å². The van der Waals surface area contributed by atoms with Crippen LogP contribution in [0.4, 0.5) is 10.5 Å². The van der Waals surface area contributed by atoms with Crippen LogP contribution in [0.1, 0.15) is 19.8 Å². The van der Waals surface area contributed by atoms with Crippen LogP contribution in [0.5, 0.6) is 0 Å². The normalized spacial score (nSPS) is 10.6. The largest absolute Gasteiger partial charge is 0.329 e. The van der Waals surface area contributed by atoms with Crippen LogP contribution in [0, 0.1) is 0 Å². The topological polar surface area (TPSA) is 58.4 Å². The molecular formula is C17H23N3O. The van der Waals surface area contributed by atoms with Gasteiger partial charge in [-0.15, -0.1) is 0 Å². The van der Waals surface area contributed by atoms with Crippen molar-refractivity contribution in [2.75, 3.05) is 25.0 Å². The predicted octanol–water partition coefficient (Wildman–Crippen LogP) is 3.43. The van der Waals surface area contributed by atoms with Gasteiger partial charge in [-0.2, -0.15) is 0 Å². The Morgan fingerprint density at radius 2 is 1.90 bits per heavy atom. The number of hydrogen-bond donors (Lipinski definition) is 2. The fourth-order valence-electron chi connectivity index (χ4n) is 2.35. The molecule has 0 aliphatic rings. The number of nitrogens with two attached hydrogens (primary N) is 1. The van der Waals surface area contributed by atoms with Gasteiger partial charge in [0.15, 0.2) is 0 Å². The molecule has 2 aromatic carbocycles. The van der Waals surface area contributed by atoms with Crippen LogP contribution in [0.15, 0.2) is 42.5 Å². The number of rotatable bonds is 6. The second-order valence-corrected chi connectivity index (χ2v) is 5.09. The first-order valence-electron chi connectivity index (χ1n) is 7.50. The maximum absolute atomic E-state index is 12.4. The van der Waals surface area contributed by atoms with E-state index in [-0.39, 0.29) is 6.03 Å². The van der Waals surface area contributed by atoms with E-state index in [2.05, 4.69) is 12.2 Å². The molecule has 0 aliphatic heterocycles. The minimum Gasteiger partial charge on any atom is -0.329 e. The van der Waals surface area contributed by atoms with Gasteiger partial charge < -0.3 is 16.0 Å². The van der Waals surface area contributed by atoms with Crippen molar-refractivity contribution < 1.29 is 4.79 Å². The van der Waals surface area contributed by atoms with Gasteiger partial charge in [0, 0.05) is 25.0 Å². The Morgan fingerprint density at radius 3 is 2.67 bits per heavy atom. The molecule has 0 unspecified atom stereocenters. The Balaban J connectivity index is 2.16. The van der Waals surface area contributed by atoms with Crippen molar-refractivity contribution in [1.82, 2.24) is 4.90 Å². The molecule has 2 amide bonds. The molecule has 0 fully saturated rings. The van der Waals surface area contributed by atoms with E-state index >= 15 is 0 Å². The van der Waals surface area contributed by atoms with E-state index in [1.54, 1.807) is 4.90 Å². The number of nitrogens with zero attached hydrogens (tertiary/aromatic N) is 1. The van der Waals surface area contributed by atoms with Gasteiger partial charge in [-0.1, -0.05) is 49.7 Å². The Labute approximate surface area is 125 Å². The van der Waals surface area contributed by atoms with Crippen molar-refractivity contribution in [2.24, 2.45) is 5.73 Å². The molecule has 2 rings (SSSR count). The summed E-state index contributed by atoms with van der Waals surface area (Å²) in [6.45, 7) is 3.91. The molecule has 0 spiro atoms. The van der Waals surface area contributed by atoms with Crippen molar-refractivity contribution in [3.05, 3.63) is 42.5 Å². The van der Waals surface area contributed by atoms with E-state index < -0.39 is 0 Å². The van der Waals surface area contributed by atoms with Crippen molar-refractivity contribution >= 4 is 22.5 Å². The predicted molar refractivity (Wildman–Crippen MR) is 88.5 cm³/mol. The van der Waals surface area contributed by atoms with Crippen LogP contribution in [0.3, 0.4) is 0 Å². The third kappa shape index (κ3) is 3.95. The molecule has 0 atom stereocenters. The standard InChI is InChI=1S/C17H23N3O/c1-2-3-12-20(13-11-18)17(21)19-16-10-6-8-14-7-4-5-9-15(14)16/h4-10H,2-3,11-13,18H2,1H3,(H,19,21). The molecule has 0 saturated heterocycles. The number of amides is 2. The van der Waals surface area contributed by atoms with Crippen LogP contribution >= 0.6 is 0 Å². The van der Waals surface area contributed by atoms with Crippen LogP contribution in [-0.4, -0.2) is 30.6 Å². The minimum absolute atomic E-state index is 0.0785. The van der Waals surface area contributed by atoms with Gasteiger partial charge in [0.05, 0.1) is 5.69 Å². The summed E-state index contributed by atoms with van der Waals surface area (Å²) in [5.74, 6) is 0. The first-order chi connectivity index (χ1) is 10.3. The van der Waals surface area contributed by atoms with Crippen LogP contribution in [0.25, 0.3) is 10.8 Å². The van der Waals surface area contributed by atoms with E-state index in [1.165, 1.54) is 0 Å². The zero-order chi connectivity index (χ0) is 15.1. The molecular weight excluding hydrogens is 262 g/mol. The average Bonchev–Trinajstić information content (AvgIpc) is 2.51. The highest BCUT2D eigenvalue weighted by Gasteiger charge is 2.13. The van der Waals surface area contributed by atoms with Crippen LogP contribution in [-0.2, 0) is 0 Å². The molecule has 0 aromatic heterocycles. The summed E-state index contributed by atoms with van der Waals surface area (Å²) in [7, 11) is 0. The lowest BCUT2D eigenvalue weighted by molar-refractivity contribution is 0.212. The molecule has 21 heavy (non-hydrogen) atoms. The van der Waals surface area contributed by atoms with E-state index in [0.717, 1.165) is 35.8 Å². The van der Waals surface area contributed by atoms with Crippen LogP contribution < -0.4 is 11.1 Å². The third-order valence-electron chi connectivity index (χ3n) is 3.50. The summed E-state index contributed by atoms with van der Waals surface area (Å²) in [6.07, 6.45) is 2.05. The summed E-state index contributed by atoms with van der Waals surface area (Å²) in [5, 5.41) is 5.18. The molecule has 112 valence electrons. The zero-order valence-corrected chi connectivity index (χ0v) is 12.5. The molecule has 0 radical (unpaired) electrons. The molecule has 0 heterocycles. The van der Waals surface area contributed by atoms with Crippen LogP contribution in [0.2, 0.25) is 0 Å². The Kier molecular flexibility index (Phi) is 5.58. The van der Waals surface area contributed by atoms with Gasteiger partial charge in [-0.05, 0) is 17.9 Å². The van der Waals surface area contributed by atoms with Gasteiger partial charge in [0.2, 0.25) is 0 Å². The number of nitrogens with one attached hydrogen (secondary N) is 1. The number of unbranched alkanes of at least 4 members (excludes halogenated alkanes) is 1. The van der Waals surface area contributed by atoms with Gasteiger partial charge in [0.25, 0.3) is 0 Å². The van der Waals surface area contributed by atoms with E-state index in [1.807, 2.05) is 42.5 Å². The summed E-state index contributed by atoms with van der Waals surface area (Å²) in [4.78, 5) is 14.2. The number of benzene rings is 2. The first-order valence-corrected chi connectivity index (χ1v) is 7.50. The zero-order valence-electron chi connectivity index (χ0n) is 12.5. The Morgan fingerprint density at radius 1 is 1.14 bits per heavy atom. The number of urea groups is 1. The molecule has 3 N–H and O–H groups in total. The summed E-state index contributed by atoms with van der Waals surface area (Å²) < 4.78 is 0. The highest BCUT2D eigenvalue weighted by molar-refractivity contribution is 6.01. The van der Waals surface area contributed by atoms with Gasteiger partial charge in [-0.25, -0.2) is 4.79 Å². The van der Waals surface area contributed by atoms with E-state index in [0.29, 0.717) is 13.1 Å². The number of fused-ring (bicyclic) bond motifs is 1. The van der Waals surface area contributed by atoms with Gasteiger partial charge >= 0.3 is 6.03 Å². The second-order valence-electron chi connectivity index (χ2n) is 5.09. The van der Waals surface area contributed by atoms with Crippen molar-refractivity contribution in [1.29, 1.82) is 0 Å². The number of carbonyl (C=O) groups excluding carboxylic acids is 1. The molecule has 2 aromatic rings. The Hall–Kier alpha value is -2.07. The van der Waals surface area contributed by atoms with Gasteiger partial charge in [-0.3, -0.25) is 0 Å². The lowest BCUT2D eigenvalue weighted by Crippen LogP contribution is -2.39. The molecule has 0 aliphatic carbocycles. The fourth-order valence-corrected chi connectivity index (χ4v) is 2.35. The smallest absolute Gasteiger partial charge is 0.321 e. The molecule has 4 heteroatoms. The van der Waals surface area contributed by atoms with E-state index in [9.17, 15) is 4.79 Å². The lowest BCUT2D eigenvalue weighted by atomic mass is 10.1. The summed E-state index contributed by atoms with van der Waals surface area (Å²) in [6, 6.07) is 13.9. The highest BCUT2D eigenvalue weighted by Crippen LogP contribution is 2.23. The number of hydrogen-bond acceptors (Lipinski definition) is 2. The molecule has 4 nitrogen and oxygen atoms in total. The Bertz CT molecular complexity index is 592. The summed E-state index contributed by atoms with van der Waals surface area (Å²) in [5.41, 5.74) is 6.45. The fraction of sp³-hybridized carbons (Fsp3) is 0.353. The minimum atomic E-state index is -0.0785. The number of carbonyl (C=O) groups is 1. The maximum Gasteiger partial charge on any atom is 0.321 e. The molecule has 0 saturated carbocycles. The monoisotopic (exact) mass is 285 g/mol. The average molecular weight is 285 g/mol. The second kappa shape index (κ2) is 7.64. The maximum atomic E-state index is 12.4. The van der Waals surface area contributed by atoms with E-state index in [4.69, 9.17) is 5.73 Å². The van der Waals surface area contributed by atoms with Gasteiger partial charge in [0.1, 0.15) is 0 Å².